The van der Waals surface area contributed by atoms with Crippen molar-refractivity contribution in [3.05, 3.63) is 65.7 Å². The van der Waals surface area contributed by atoms with Crippen molar-refractivity contribution in [1.82, 2.24) is 4.90 Å². The first-order valence-electron chi connectivity index (χ1n) is 9.44. The molecule has 0 bridgehead atoms. The number of nitrogens with zero attached hydrogens (tertiary/aromatic N) is 1. The monoisotopic (exact) mass is 351 g/mol. The molecule has 1 amide bonds. The summed E-state index contributed by atoms with van der Waals surface area (Å²) in [6.45, 7) is 7.09. The summed E-state index contributed by atoms with van der Waals surface area (Å²) >= 11 is 0. The van der Waals surface area contributed by atoms with Crippen molar-refractivity contribution in [3.8, 4) is 0 Å². The number of rotatable bonds is 6. The van der Waals surface area contributed by atoms with Gasteiger partial charge >= 0.3 is 0 Å². The van der Waals surface area contributed by atoms with Crippen molar-refractivity contribution in [2.75, 3.05) is 31.5 Å². The van der Waals surface area contributed by atoms with Gasteiger partial charge in [-0.15, -0.1) is 0 Å². The van der Waals surface area contributed by atoms with Crippen LogP contribution in [0.1, 0.15) is 36.8 Å². The van der Waals surface area contributed by atoms with Crippen molar-refractivity contribution in [2.24, 2.45) is 11.7 Å². The molecule has 1 fully saturated rings. The quantitative estimate of drug-likeness (QED) is 0.838. The van der Waals surface area contributed by atoms with Crippen LogP contribution in [-0.4, -0.2) is 37.0 Å². The lowest BCUT2D eigenvalue weighted by Gasteiger charge is -2.18. The Hall–Kier alpha value is -2.17. The largest absolute Gasteiger partial charge is 0.330 e. The molecule has 0 aliphatic carbocycles. The molecule has 0 aromatic heterocycles. The van der Waals surface area contributed by atoms with E-state index in [0.717, 1.165) is 18.8 Å². The van der Waals surface area contributed by atoms with E-state index in [4.69, 9.17) is 5.73 Å². The minimum absolute atomic E-state index is 0.0441. The zero-order valence-corrected chi connectivity index (χ0v) is 15.7. The predicted molar refractivity (Wildman–Crippen MR) is 107 cm³/mol. The van der Waals surface area contributed by atoms with Crippen LogP contribution in [-0.2, 0) is 4.79 Å². The van der Waals surface area contributed by atoms with Gasteiger partial charge in [-0.05, 0) is 35.6 Å². The molecule has 0 unspecified atom stereocenters. The van der Waals surface area contributed by atoms with E-state index < -0.39 is 0 Å². The Labute approximate surface area is 156 Å². The predicted octanol–water partition coefficient (Wildman–Crippen LogP) is 3.42. The number of carbonyl (C=O) groups excluding carboxylic acids is 1. The van der Waals surface area contributed by atoms with Gasteiger partial charge in [0.05, 0.1) is 6.54 Å². The average Bonchev–Trinajstić information content (AvgIpc) is 3.05. The third kappa shape index (κ3) is 4.32. The molecule has 2 aromatic carbocycles. The molecule has 4 heteroatoms. The maximum absolute atomic E-state index is 12.6. The lowest BCUT2D eigenvalue weighted by atomic mass is 9.89. The number of carbonyl (C=O) groups is 1. The van der Waals surface area contributed by atoms with Gasteiger partial charge in [-0.25, -0.2) is 0 Å². The van der Waals surface area contributed by atoms with Gasteiger partial charge in [-0.1, -0.05) is 62.4 Å². The van der Waals surface area contributed by atoms with Crippen LogP contribution in [0.5, 0.6) is 0 Å². The van der Waals surface area contributed by atoms with Crippen LogP contribution in [0.25, 0.3) is 0 Å². The summed E-state index contributed by atoms with van der Waals surface area (Å²) in [5.74, 6) is 1.22. The van der Waals surface area contributed by atoms with Crippen LogP contribution < -0.4 is 11.1 Å². The highest BCUT2D eigenvalue weighted by Crippen LogP contribution is 2.32. The summed E-state index contributed by atoms with van der Waals surface area (Å²) in [7, 11) is 0. The van der Waals surface area contributed by atoms with E-state index in [1.54, 1.807) is 0 Å². The zero-order valence-electron chi connectivity index (χ0n) is 15.7. The van der Waals surface area contributed by atoms with Gasteiger partial charge in [-0.3, -0.25) is 9.69 Å². The zero-order chi connectivity index (χ0) is 18.5. The Morgan fingerprint density at radius 2 is 1.81 bits per heavy atom. The molecule has 1 aliphatic heterocycles. The van der Waals surface area contributed by atoms with Gasteiger partial charge in [0, 0.05) is 24.7 Å². The third-order valence-electron chi connectivity index (χ3n) is 5.27. The van der Waals surface area contributed by atoms with E-state index >= 15 is 0 Å². The van der Waals surface area contributed by atoms with Crippen molar-refractivity contribution in [1.29, 1.82) is 0 Å². The number of nitrogens with two attached hydrogens (primary N) is 1. The average molecular weight is 351 g/mol. The maximum Gasteiger partial charge on any atom is 0.238 e. The second kappa shape index (κ2) is 8.47. The van der Waals surface area contributed by atoms with Gasteiger partial charge in [0.2, 0.25) is 5.91 Å². The molecule has 1 saturated heterocycles. The molecule has 4 nitrogen and oxygen atoms in total. The first-order chi connectivity index (χ1) is 12.6. The van der Waals surface area contributed by atoms with Crippen LogP contribution in [0, 0.1) is 5.92 Å². The SMILES string of the molecule is CC(C)c1ccccc1NC(=O)CN1C[C@@H](CN)[C@H](c2ccccc2)C1. The number of para-hydroxylation sites is 1. The fraction of sp³-hybridized carbons (Fsp3) is 0.409. The molecule has 0 saturated carbocycles. The van der Waals surface area contributed by atoms with Crippen LogP contribution in [0.4, 0.5) is 5.69 Å². The highest BCUT2D eigenvalue weighted by Gasteiger charge is 2.33. The Morgan fingerprint density at radius 1 is 1.12 bits per heavy atom. The fourth-order valence-corrected chi connectivity index (χ4v) is 3.91. The number of anilines is 1. The van der Waals surface area contributed by atoms with Crippen molar-refractivity contribution in [3.63, 3.8) is 0 Å². The first-order valence-corrected chi connectivity index (χ1v) is 9.44. The normalized spacial score (nSPS) is 20.5. The number of hydrogen-bond acceptors (Lipinski definition) is 3. The number of hydrogen-bond donors (Lipinski definition) is 2. The van der Waals surface area contributed by atoms with Gasteiger partial charge in [0.25, 0.3) is 0 Å². The van der Waals surface area contributed by atoms with Crippen LogP contribution in [0.3, 0.4) is 0 Å². The van der Waals surface area contributed by atoms with Crippen LogP contribution in [0.2, 0.25) is 0 Å². The Bertz CT molecular complexity index is 729. The number of benzene rings is 2. The molecular weight excluding hydrogens is 322 g/mol. The van der Waals surface area contributed by atoms with Crippen molar-refractivity contribution < 1.29 is 4.79 Å². The third-order valence-corrected chi connectivity index (χ3v) is 5.27. The molecule has 138 valence electrons. The second-order valence-electron chi connectivity index (χ2n) is 7.50. The van der Waals surface area contributed by atoms with Gasteiger partial charge in [0.15, 0.2) is 0 Å². The standard InChI is InChI=1S/C22H29N3O/c1-16(2)19-10-6-7-11-21(19)24-22(26)15-25-13-18(12-23)20(14-25)17-8-4-3-5-9-17/h3-11,16,18,20H,12-15,23H2,1-2H3,(H,24,26)/t18-,20+/m1/s1. The summed E-state index contributed by atoms with van der Waals surface area (Å²) in [5.41, 5.74) is 9.41. The van der Waals surface area contributed by atoms with Crippen LogP contribution >= 0.6 is 0 Å². The van der Waals surface area contributed by atoms with Crippen molar-refractivity contribution >= 4 is 11.6 Å². The van der Waals surface area contributed by atoms with Crippen molar-refractivity contribution in [2.45, 2.75) is 25.7 Å². The number of likely N-dealkylation sites (tertiary alicyclic amines) is 1. The van der Waals surface area contributed by atoms with E-state index in [2.05, 4.69) is 54.4 Å². The molecule has 1 heterocycles. The summed E-state index contributed by atoms with van der Waals surface area (Å²) in [6, 6.07) is 18.5. The van der Waals surface area contributed by atoms with Gasteiger partial charge < -0.3 is 11.1 Å². The highest BCUT2D eigenvalue weighted by molar-refractivity contribution is 5.93. The number of amides is 1. The topological polar surface area (TPSA) is 58.4 Å². The van der Waals surface area contributed by atoms with E-state index in [1.807, 2.05) is 24.3 Å². The molecule has 1 aliphatic rings. The van der Waals surface area contributed by atoms with E-state index in [9.17, 15) is 4.79 Å². The first kappa shape index (κ1) is 18.6. The Balaban J connectivity index is 1.64. The smallest absolute Gasteiger partial charge is 0.238 e. The van der Waals surface area contributed by atoms with Gasteiger partial charge in [-0.2, -0.15) is 0 Å². The molecule has 0 spiro atoms. The molecule has 3 rings (SSSR count). The second-order valence-corrected chi connectivity index (χ2v) is 7.50. The Morgan fingerprint density at radius 3 is 2.50 bits per heavy atom. The van der Waals surface area contributed by atoms with Crippen LogP contribution in [0.15, 0.2) is 54.6 Å². The molecule has 2 aromatic rings. The summed E-state index contributed by atoms with van der Waals surface area (Å²) in [6.07, 6.45) is 0. The molecule has 3 N–H and O–H groups in total. The highest BCUT2D eigenvalue weighted by atomic mass is 16.2. The van der Waals surface area contributed by atoms with E-state index in [-0.39, 0.29) is 5.91 Å². The summed E-state index contributed by atoms with van der Waals surface area (Å²) in [4.78, 5) is 14.8. The summed E-state index contributed by atoms with van der Waals surface area (Å²) < 4.78 is 0. The van der Waals surface area contributed by atoms with E-state index in [0.29, 0.717) is 30.8 Å². The Kier molecular flexibility index (Phi) is 6.07. The molecular formula is C22H29N3O. The molecule has 26 heavy (non-hydrogen) atoms. The minimum atomic E-state index is 0.0441. The molecule has 0 radical (unpaired) electrons. The lowest BCUT2D eigenvalue weighted by Crippen LogP contribution is -2.32. The lowest BCUT2D eigenvalue weighted by molar-refractivity contribution is -0.117. The molecule has 2 atom stereocenters. The summed E-state index contributed by atoms with van der Waals surface area (Å²) in [5, 5.41) is 3.09. The van der Waals surface area contributed by atoms with E-state index in [1.165, 1.54) is 11.1 Å². The maximum atomic E-state index is 12.6. The fourth-order valence-electron chi connectivity index (χ4n) is 3.91. The minimum Gasteiger partial charge on any atom is -0.330 e. The number of nitrogens with one attached hydrogen (secondary N) is 1. The van der Waals surface area contributed by atoms with Gasteiger partial charge in [0.1, 0.15) is 0 Å².